The van der Waals surface area contributed by atoms with E-state index in [4.69, 9.17) is 33.8 Å². The molecule has 0 bridgehead atoms. The van der Waals surface area contributed by atoms with Crippen molar-refractivity contribution in [3.8, 4) is 34.3 Å². The minimum atomic E-state index is -0.672. The topological polar surface area (TPSA) is 109 Å². The molecule has 10 heteroatoms. The number of hydrogen-bond donors (Lipinski definition) is 0. The Morgan fingerprint density at radius 3 is 2.14 bits per heavy atom. The van der Waals surface area contributed by atoms with Crippen LogP contribution in [0.2, 0.25) is 0 Å². The lowest BCUT2D eigenvalue weighted by Crippen LogP contribution is -2.31. The van der Waals surface area contributed by atoms with Gasteiger partial charge in [-0.05, 0) is 64.4 Å². The Hall–Kier alpha value is -6.42. The molecule has 0 N–H and O–H groups in total. The van der Waals surface area contributed by atoms with E-state index in [0.29, 0.717) is 51.6 Å². The quantitative estimate of drug-likeness (QED) is 0.136. The molecule has 51 heavy (non-hydrogen) atoms. The van der Waals surface area contributed by atoms with Gasteiger partial charge >= 0.3 is 5.97 Å². The van der Waals surface area contributed by atoms with Crippen LogP contribution in [0.25, 0.3) is 32.9 Å². The third kappa shape index (κ3) is 6.51. The molecule has 1 atom stereocenters. The molecule has 10 nitrogen and oxygen atoms in total. The van der Waals surface area contributed by atoms with Crippen molar-refractivity contribution < 1.29 is 33.3 Å². The lowest BCUT2D eigenvalue weighted by atomic mass is 9.97. The minimum absolute atomic E-state index is 0.255. The van der Waals surface area contributed by atoms with Gasteiger partial charge in [0.15, 0.2) is 18.1 Å². The van der Waals surface area contributed by atoms with E-state index in [0.717, 1.165) is 27.6 Å². The van der Waals surface area contributed by atoms with Crippen LogP contribution in [0.4, 0.5) is 0 Å². The lowest BCUT2D eigenvalue weighted by Gasteiger charge is -2.22. The van der Waals surface area contributed by atoms with Crippen LogP contribution < -0.4 is 18.9 Å². The maximum absolute atomic E-state index is 13.9. The summed E-state index contributed by atoms with van der Waals surface area (Å²) in [5, 5.41) is 9.00. The van der Waals surface area contributed by atoms with Crippen molar-refractivity contribution in [3.63, 3.8) is 0 Å². The van der Waals surface area contributed by atoms with Gasteiger partial charge in [-0.3, -0.25) is 4.79 Å². The van der Waals surface area contributed by atoms with Crippen LogP contribution in [-0.4, -0.2) is 62.6 Å². The van der Waals surface area contributed by atoms with Crippen molar-refractivity contribution in [2.24, 2.45) is 5.10 Å². The first-order valence-electron chi connectivity index (χ1n) is 16.3. The fourth-order valence-corrected chi connectivity index (χ4v) is 6.36. The van der Waals surface area contributed by atoms with Gasteiger partial charge in [-0.2, -0.15) is 5.10 Å². The second-order valence-electron chi connectivity index (χ2n) is 11.9. The molecule has 0 spiro atoms. The Morgan fingerprint density at radius 2 is 1.43 bits per heavy atom. The Balaban J connectivity index is 1.19. The molecule has 6 aromatic rings. The molecule has 7 rings (SSSR count). The van der Waals surface area contributed by atoms with E-state index >= 15 is 0 Å². The van der Waals surface area contributed by atoms with Crippen molar-refractivity contribution in [1.29, 1.82) is 0 Å². The highest BCUT2D eigenvalue weighted by atomic mass is 16.5. The Kier molecular flexibility index (Phi) is 9.22. The van der Waals surface area contributed by atoms with Crippen molar-refractivity contribution in [2.45, 2.75) is 12.5 Å². The number of rotatable bonds is 10. The van der Waals surface area contributed by atoms with Gasteiger partial charge in [0, 0.05) is 17.4 Å². The maximum atomic E-state index is 13.9. The number of carbonyl (C=O) groups is 2. The number of amides is 1. The van der Waals surface area contributed by atoms with Gasteiger partial charge in [0.1, 0.15) is 5.75 Å². The first-order chi connectivity index (χ1) is 24.9. The number of nitrogens with zero attached hydrogens (tertiary/aromatic N) is 3. The number of carbonyl (C=O) groups excluding carboxylic acids is 2. The summed E-state index contributed by atoms with van der Waals surface area (Å²) in [6.45, 7) is -0.518. The zero-order valence-electron chi connectivity index (χ0n) is 28.6. The number of aromatic nitrogens is 1. The summed E-state index contributed by atoms with van der Waals surface area (Å²) in [7, 11) is 6.20. The maximum Gasteiger partial charge on any atom is 0.339 e. The normalized spacial score (nSPS) is 13.9. The van der Waals surface area contributed by atoms with Crippen molar-refractivity contribution in [3.05, 3.63) is 126 Å². The highest BCUT2D eigenvalue weighted by molar-refractivity contribution is 6.07. The minimum Gasteiger partial charge on any atom is -0.497 e. The highest BCUT2D eigenvalue weighted by Gasteiger charge is 2.34. The third-order valence-electron chi connectivity index (χ3n) is 8.97. The van der Waals surface area contributed by atoms with Crippen molar-refractivity contribution in [2.75, 3.05) is 35.0 Å². The number of hydrogen-bond acceptors (Lipinski definition) is 9. The van der Waals surface area contributed by atoms with Crippen LogP contribution in [0, 0.1) is 0 Å². The molecule has 256 valence electrons. The van der Waals surface area contributed by atoms with E-state index in [2.05, 4.69) is 12.1 Å². The number of pyridine rings is 1. The van der Waals surface area contributed by atoms with E-state index in [1.54, 1.807) is 31.4 Å². The zero-order chi connectivity index (χ0) is 35.5. The fourth-order valence-electron chi connectivity index (χ4n) is 6.36. The number of methoxy groups -OCH3 is 4. The van der Waals surface area contributed by atoms with Gasteiger partial charge in [0.05, 0.1) is 57.0 Å². The van der Waals surface area contributed by atoms with Crippen LogP contribution in [-0.2, 0) is 9.53 Å². The van der Waals surface area contributed by atoms with Gasteiger partial charge in [-0.1, -0.05) is 66.7 Å². The Bertz CT molecular complexity index is 2280. The molecule has 1 aliphatic heterocycles. The smallest absolute Gasteiger partial charge is 0.339 e. The first kappa shape index (κ1) is 33.1. The summed E-state index contributed by atoms with van der Waals surface area (Å²) in [5.74, 6) is 0.894. The standard InChI is InChI=1S/C41H35N3O7/c1-47-30-17-15-26(16-18-30)36-23-35(28-14-13-25-9-5-6-10-27(25)19-28)43-44(36)39(45)24-51-41(46)32-22-34(42-33-12-8-7-11-31(32)33)29-20-37(48-2)40(50-4)38(21-29)49-3/h5-22,36H,23-24H2,1-4H3. The molecule has 0 fully saturated rings. The van der Waals surface area contributed by atoms with Gasteiger partial charge < -0.3 is 23.7 Å². The summed E-state index contributed by atoms with van der Waals surface area (Å²) >= 11 is 0. The van der Waals surface area contributed by atoms with Crippen molar-refractivity contribution >= 4 is 39.3 Å². The number of fused-ring (bicyclic) bond motifs is 2. The second-order valence-corrected chi connectivity index (χ2v) is 11.9. The molecule has 5 aromatic carbocycles. The van der Waals surface area contributed by atoms with Crippen LogP contribution in [0.1, 0.15) is 33.9 Å². The molecule has 1 aliphatic rings. The average molecular weight is 682 g/mol. The number of para-hydroxylation sites is 1. The molecule has 1 unspecified atom stereocenters. The van der Waals surface area contributed by atoms with E-state index in [-0.39, 0.29) is 5.56 Å². The monoisotopic (exact) mass is 681 g/mol. The van der Waals surface area contributed by atoms with E-state index in [1.807, 2.05) is 72.8 Å². The lowest BCUT2D eigenvalue weighted by molar-refractivity contribution is -0.136. The summed E-state index contributed by atoms with van der Waals surface area (Å²) in [6.07, 6.45) is 0.484. The largest absolute Gasteiger partial charge is 0.497 e. The predicted octanol–water partition coefficient (Wildman–Crippen LogP) is 7.62. The molecule has 1 amide bonds. The molecule has 1 aromatic heterocycles. The number of esters is 1. The van der Waals surface area contributed by atoms with Crippen molar-refractivity contribution in [1.82, 2.24) is 9.99 Å². The molecule has 0 saturated carbocycles. The Morgan fingerprint density at radius 1 is 0.725 bits per heavy atom. The van der Waals surface area contributed by atoms with E-state index < -0.39 is 24.5 Å². The molecule has 0 radical (unpaired) electrons. The molecule has 0 saturated heterocycles. The Labute approximate surface area is 294 Å². The second kappa shape index (κ2) is 14.2. The van der Waals surface area contributed by atoms with Gasteiger partial charge in [-0.25, -0.2) is 14.8 Å². The predicted molar refractivity (Wildman–Crippen MR) is 195 cm³/mol. The number of benzene rings is 5. The SMILES string of the molecule is COc1ccc(C2CC(c3ccc4ccccc4c3)=NN2C(=O)COC(=O)c2cc(-c3cc(OC)c(OC)c(OC)c3)nc3ccccc23)cc1. The van der Waals surface area contributed by atoms with Gasteiger partial charge in [0.25, 0.3) is 5.91 Å². The van der Waals surface area contributed by atoms with E-state index in [1.165, 1.54) is 26.3 Å². The first-order valence-corrected chi connectivity index (χ1v) is 16.3. The number of hydrazone groups is 1. The molecule has 0 aliphatic carbocycles. The summed E-state index contributed by atoms with van der Waals surface area (Å²) < 4.78 is 27.6. The van der Waals surface area contributed by atoms with E-state index in [9.17, 15) is 9.59 Å². The summed E-state index contributed by atoms with van der Waals surface area (Å²) in [4.78, 5) is 32.5. The molecular formula is C41H35N3O7. The van der Waals surface area contributed by atoms with Crippen LogP contribution in [0.15, 0.2) is 114 Å². The van der Waals surface area contributed by atoms with Gasteiger partial charge in [-0.15, -0.1) is 0 Å². The summed E-state index contributed by atoms with van der Waals surface area (Å²) in [5.41, 5.74) is 4.50. The van der Waals surface area contributed by atoms with Crippen LogP contribution in [0.3, 0.4) is 0 Å². The van der Waals surface area contributed by atoms with Crippen LogP contribution >= 0.6 is 0 Å². The van der Waals surface area contributed by atoms with Crippen LogP contribution in [0.5, 0.6) is 23.0 Å². The average Bonchev–Trinajstić information content (AvgIpc) is 3.64. The highest BCUT2D eigenvalue weighted by Crippen LogP contribution is 2.41. The summed E-state index contributed by atoms with van der Waals surface area (Å²) in [6, 6.07) is 33.8. The third-order valence-corrected chi connectivity index (χ3v) is 8.97. The fraction of sp³-hybridized carbons (Fsp3) is 0.171. The number of ether oxygens (including phenoxy) is 5. The molecule has 2 heterocycles. The zero-order valence-corrected chi connectivity index (χ0v) is 28.6. The molecular weight excluding hydrogens is 646 g/mol. The van der Waals surface area contributed by atoms with Gasteiger partial charge in [0.2, 0.25) is 5.75 Å².